The molecule has 8 heteroatoms. The summed E-state index contributed by atoms with van der Waals surface area (Å²) < 4.78 is 11.1. The van der Waals surface area contributed by atoms with Crippen LogP contribution in [0.2, 0.25) is 0 Å². The largest absolute Gasteiger partial charge is 0.497 e. The summed E-state index contributed by atoms with van der Waals surface area (Å²) >= 11 is 0. The molecule has 2 saturated heterocycles. The Labute approximate surface area is 171 Å². The van der Waals surface area contributed by atoms with Gasteiger partial charge in [-0.25, -0.2) is 4.79 Å². The molecule has 0 unspecified atom stereocenters. The highest BCUT2D eigenvalue weighted by atomic mass is 16.5. The van der Waals surface area contributed by atoms with Crippen LogP contribution < -0.4 is 15.4 Å². The normalized spacial score (nSPS) is 24.6. The molecule has 1 aromatic rings. The predicted octanol–water partition coefficient (Wildman–Crippen LogP) is 2.13. The molecule has 29 heavy (non-hydrogen) atoms. The van der Waals surface area contributed by atoms with Crippen LogP contribution in [-0.2, 0) is 9.53 Å². The van der Waals surface area contributed by atoms with Gasteiger partial charge in [0.25, 0.3) is 0 Å². The molecule has 0 aromatic heterocycles. The van der Waals surface area contributed by atoms with E-state index in [9.17, 15) is 14.7 Å². The minimum absolute atomic E-state index is 0.119. The Morgan fingerprint density at radius 2 is 2.03 bits per heavy atom. The summed E-state index contributed by atoms with van der Waals surface area (Å²) in [6, 6.07) is 6.40. The summed E-state index contributed by atoms with van der Waals surface area (Å²) in [5.41, 5.74) is 0.615. The highest BCUT2D eigenvalue weighted by Crippen LogP contribution is 2.24. The number of aliphatic hydroxyl groups is 1. The number of amides is 3. The highest BCUT2D eigenvalue weighted by Gasteiger charge is 2.33. The maximum atomic E-state index is 12.5. The minimum atomic E-state index is -0.529. The lowest BCUT2D eigenvalue weighted by atomic mass is 9.96. The van der Waals surface area contributed by atoms with E-state index in [-0.39, 0.29) is 30.7 Å². The van der Waals surface area contributed by atoms with Crippen LogP contribution in [0, 0.1) is 0 Å². The van der Waals surface area contributed by atoms with Crippen LogP contribution in [0.15, 0.2) is 24.3 Å². The number of methoxy groups -OCH3 is 1. The molecule has 3 amide bonds. The Bertz CT molecular complexity index is 693. The number of piperidine rings is 1. The van der Waals surface area contributed by atoms with Crippen LogP contribution in [0.25, 0.3) is 0 Å². The summed E-state index contributed by atoms with van der Waals surface area (Å²) in [7, 11) is 1.57. The average Bonchev–Trinajstić information content (AvgIpc) is 2.75. The Kier molecular flexibility index (Phi) is 7.71. The van der Waals surface area contributed by atoms with Gasteiger partial charge in [0.15, 0.2) is 0 Å². The fourth-order valence-electron chi connectivity index (χ4n) is 3.95. The molecule has 0 radical (unpaired) electrons. The summed E-state index contributed by atoms with van der Waals surface area (Å²) in [4.78, 5) is 26.7. The monoisotopic (exact) mass is 405 g/mol. The van der Waals surface area contributed by atoms with Gasteiger partial charge in [-0.05, 0) is 44.2 Å². The first-order valence-electron chi connectivity index (χ1n) is 10.3. The van der Waals surface area contributed by atoms with E-state index >= 15 is 0 Å². The fourth-order valence-corrected chi connectivity index (χ4v) is 3.95. The van der Waals surface area contributed by atoms with Crippen LogP contribution in [-0.4, -0.2) is 67.0 Å². The second-order valence-corrected chi connectivity index (χ2v) is 7.64. The van der Waals surface area contributed by atoms with E-state index in [1.54, 1.807) is 31.4 Å². The van der Waals surface area contributed by atoms with Gasteiger partial charge in [-0.2, -0.15) is 0 Å². The zero-order valence-corrected chi connectivity index (χ0v) is 16.9. The van der Waals surface area contributed by atoms with Gasteiger partial charge in [-0.1, -0.05) is 6.07 Å². The van der Waals surface area contributed by atoms with Crippen LogP contribution in [0.1, 0.15) is 38.5 Å². The Balaban J connectivity index is 1.48. The van der Waals surface area contributed by atoms with Crippen molar-refractivity contribution >= 4 is 17.6 Å². The van der Waals surface area contributed by atoms with Crippen molar-refractivity contribution in [3.63, 3.8) is 0 Å². The van der Waals surface area contributed by atoms with Crippen molar-refractivity contribution in [2.45, 2.75) is 56.8 Å². The number of ether oxygens (including phenoxy) is 2. The van der Waals surface area contributed by atoms with E-state index in [4.69, 9.17) is 9.47 Å². The van der Waals surface area contributed by atoms with E-state index in [1.165, 1.54) is 6.42 Å². The minimum Gasteiger partial charge on any atom is -0.497 e. The molecule has 2 fully saturated rings. The number of nitrogens with one attached hydrogen (secondary N) is 2. The molecule has 3 atom stereocenters. The summed E-state index contributed by atoms with van der Waals surface area (Å²) in [6.07, 6.45) is 4.20. The molecule has 0 spiro atoms. The SMILES string of the molecule is COc1cccc(NC(=O)N[C@@H]2CC[C@@H](CC(=O)N3CCCCC3)O[C@H]2CO)c1. The number of aliphatic hydroxyl groups excluding tert-OH is 1. The molecule has 1 aromatic carbocycles. The number of carbonyl (C=O) groups excluding carboxylic acids is 2. The van der Waals surface area contributed by atoms with Crippen molar-refractivity contribution in [2.75, 3.05) is 32.1 Å². The van der Waals surface area contributed by atoms with Crippen LogP contribution >= 0.6 is 0 Å². The van der Waals surface area contributed by atoms with Gasteiger partial charge in [-0.3, -0.25) is 4.79 Å². The summed E-state index contributed by atoms with van der Waals surface area (Å²) in [5, 5.41) is 15.4. The van der Waals surface area contributed by atoms with Gasteiger partial charge < -0.3 is 30.1 Å². The summed E-state index contributed by atoms with van der Waals surface area (Å²) in [5.74, 6) is 0.770. The van der Waals surface area contributed by atoms with Gasteiger partial charge in [0.05, 0.1) is 32.3 Å². The smallest absolute Gasteiger partial charge is 0.319 e. The fraction of sp³-hybridized carbons (Fsp3) is 0.619. The van der Waals surface area contributed by atoms with Crippen LogP contribution in [0.3, 0.4) is 0 Å². The number of hydrogen-bond acceptors (Lipinski definition) is 5. The molecule has 0 bridgehead atoms. The van der Waals surface area contributed by atoms with Crippen molar-refractivity contribution in [3.8, 4) is 5.75 Å². The maximum Gasteiger partial charge on any atom is 0.319 e. The third kappa shape index (κ3) is 6.08. The zero-order chi connectivity index (χ0) is 20.6. The number of likely N-dealkylation sites (tertiary alicyclic amines) is 1. The lowest BCUT2D eigenvalue weighted by Crippen LogP contribution is -2.52. The molecular weight excluding hydrogens is 374 g/mol. The lowest BCUT2D eigenvalue weighted by molar-refractivity contribution is -0.141. The number of urea groups is 1. The first kappa shape index (κ1) is 21.4. The van der Waals surface area contributed by atoms with Gasteiger partial charge in [0, 0.05) is 24.8 Å². The Morgan fingerprint density at radius 1 is 1.24 bits per heavy atom. The van der Waals surface area contributed by atoms with Gasteiger partial charge in [0.2, 0.25) is 5.91 Å². The summed E-state index contributed by atoms with van der Waals surface area (Å²) in [6.45, 7) is 1.44. The molecule has 3 rings (SSSR count). The van der Waals surface area contributed by atoms with Gasteiger partial charge >= 0.3 is 6.03 Å². The number of hydrogen-bond donors (Lipinski definition) is 3. The number of anilines is 1. The van der Waals surface area contributed by atoms with E-state index in [2.05, 4.69) is 10.6 Å². The first-order valence-corrected chi connectivity index (χ1v) is 10.3. The number of carbonyl (C=O) groups is 2. The maximum absolute atomic E-state index is 12.5. The Hall–Kier alpha value is -2.32. The second kappa shape index (κ2) is 10.5. The number of benzene rings is 1. The third-order valence-electron chi connectivity index (χ3n) is 5.55. The average molecular weight is 405 g/mol. The molecular formula is C21H31N3O5. The molecule has 2 aliphatic rings. The first-order chi connectivity index (χ1) is 14.1. The Morgan fingerprint density at radius 3 is 2.76 bits per heavy atom. The van der Waals surface area contributed by atoms with E-state index in [0.29, 0.717) is 30.7 Å². The molecule has 2 heterocycles. The van der Waals surface area contributed by atoms with Gasteiger partial charge in [0.1, 0.15) is 11.9 Å². The van der Waals surface area contributed by atoms with E-state index in [1.807, 2.05) is 4.90 Å². The molecule has 0 saturated carbocycles. The lowest BCUT2D eigenvalue weighted by Gasteiger charge is -2.37. The molecule has 2 aliphatic heterocycles. The number of nitrogens with zero attached hydrogens (tertiary/aromatic N) is 1. The van der Waals surface area contributed by atoms with Gasteiger partial charge in [-0.15, -0.1) is 0 Å². The highest BCUT2D eigenvalue weighted by molar-refractivity contribution is 5.89. The second-order valence-electron chi connectivity index (χ2n) is 7.64. The third-order valence-corrected chi connectivity index (χ3v) is 5.55. The van der Waals surface area contributed by atoms with Crippen molar-refractivity contribution in [1.82, 2.24) is 10.2 Å². The molecule has 3 N–H and O–H groups in total. The van der Waals surface area contributed by atoms with E-state index < -0.39 is 6.10 Å². The van der Waals surface area contributed by atoms with E-state index in [0.717, 1.165) is 25.9 Å². The topological polar surface area (TPSA) is 100 Å². The molecule has 160 valence electrons. The predicted molar refractivity (Wildman–Crippen MR) is 109 cm³/mol. The van der Waals surface area contributed by atoms with Crippen molar-refractivity contribution in [1.29, 1.82) is 0 Å². The van der Waals surface area contributed by atoms with Crippen molar-refractivity contribution in [2.24, 2.45) is 0 Å². The van der Waals surface area contributed by atoms with Crippen molar-refractivity contribution in [3.05, 3.63) is 24.3 Å². The molecule has 0 aliphatic carbocycles. The van der Waals surface area contributed by atoms with Crippen LogP contribution in [0.5, 0.6) is 5.75 Å². The van der Waals surface area contributed by atoms with Crippen molar-refractivity contribution < 1.29 is 24.2 Å². The standard InChI is InChI=1S/C21H31N3O5/c1-28-16-7-5-6-15(12-16)22-21(27)23-18-9-8-17(29-19(18)14-25)13-20(26)24-10-3-2-4-11-24/h5-7,12,17-19,25H,2-4,8-11,13-14H2,1H3,(H2,22,23,27)/t17-,18+,19-/m0/s1. The number of rotatable bonds is 6. The van der Waals surface area contributed by atoms with Crippen LogP contribution in [0.4, 0.5) is 10.5 Å². The molecule has 8 nitrogen and oxygen atoms in total. The quantitative estimate of drug-likeness (QED) is 0.673. The zero-order valence-electron chi connectivity index (χ0n) is 16.9.